The molecule has 1 aliphatic rings. The van der Waals surface area contributed by atoms with Gasteiger partial charge in [-0.1, -0.05) is 13.8 Å². The van der Waals surface area contributed by atoms with E-state index < -0.39 is 11.3 Å². The Labute approximate surface area is 93.6 Å². The summed E-state index contributed by atoms with van der Waals surface area (Å²) in [6.45, 7) is 4.82. The summed E-state index contributed by atoms with van der Waals surface area (Å²) >= 11 is 0. The summed E-state index contributed by atoms with van der Waals surface area (Å²) in [6.07, 6.45) is 1.58. The summed E-state index contributed by atoms with van der Waals surface area (Å²) < 4.78 is 28.3. The van der Waals surface area contributed by atoms with Crippen molar-refractivity contribution in [3.8, 4) is 0 Å². The van der Waals surface area contributed by atoms with Gasteiger partial charge in [0.15, 0.2) is 0 Å². The number of rotatable bonds is 4. The first-order chi connectivity index (χ1) is 7.41. The molecule has 1 unspecified atom stereocenters. The Balaban J connectivity index is 2.19. The smallest absolute Gasteiger partial charge is 0.261 e. The van der Waals surface area contributed by atoms with Gasteiger partial charge in [-0.3, -0.25) is 4.68 Å². The molecule has 0 amide bonds. The first-order valence-corrected chi connectivity index (χ1v) is 5.53. The molecule has 0 aromatic carbocycles. The van der Waals surface area contributed by atoms with Crippen molar-refractivity contribution in [1.82, 2.24) is 9.78 Å². The first-order valence-electron chi connectivity index (χ1n) is 5.53. The fourth-order valence-corrected chi connectivity index (χ4v) is 2.03. The predicted octanol–water partition coefficient (Wildman–Crippen LogP) is 1.77. The molecule has 1 heterocycles. The molecule has 1 atom stereocenters. The molecule has 1 aromatic rings. The summed E-state index contributed by atoms with van der Waals surface area (Å²) in [6, 6.07) is 1.66. The van der Waals surface area contributed by atoms with Crippen LogP contribution in [0.2, 0.25) is 0 Å². The molecule has 16 heavy (non-hydrogen) atoms. The highest BCUT2D eigenvalue weighted by Crippen LogP contribution is 2.60. The van der Waals surface area contributed by atoms with Gasteiger partial charge in [0, 0.05) is 25.7 Å². The van der Waals surface area contributed by atoms with E-state index in [-0.39, 0.29) is 13.0 Å². The number of aromatic nitrogens is 2. The van der Waals surface area contributed by atoms with Crippen LogP contribution in [0, 0.1) is 5.92 Å². The van der Waals surface area contributed by atoms with Gasteiger partial charge in [0.2, 0.25) is 0 Å². The van der Waals surface area contributed by atoms with E-state index in [4.69, 9.17) is 5.73 Å². The second-order valence-electron chi connectivity index (χ2n) is 4.98. The SMILES string of the molecule is CC(C)Cn1ccc(C2(CN)CC2(F)F)n1. The lowest BCUT2D eigenvalue weighted by atomic mass is 10.0. The zero-order valence-electron chi connectivity index (χ0n) is 9.58. The molecule has 1 saturated carbocycles. The molecule has 0 saturated heterocycles. The lowest BCUT2D eigenvalue weighted by Crippen LogP contribution is -2.27. The molecule has 1 fully saturated rings. The Morgan fingerprint density at radius 1 is 1.56 bits per heavy atom. The van der Waals surface area contributed by atoms with Crippen molar-refractivity contribution in [3.63, 3.8) is 0 Å². The third-order valence-electron chi connectivity index (χ3n) is 3.13. The molecule has 1 aromatic heterocycles. The van der Waals surface area contributed by atoms with Gasteiger partial charge in [0.25, 0.3) is 5.92 Å². The Morgan fingerprint density at radius 2 is 2.19 bits per heavy atom. The van der Waals surface area contributed by atoms with Gasteiger partial charge >= 0.3 is 0 Å². The Bertz CT molecular complexity index is 386. The third kappa shape index (κ3) is 1.63. The normalized spacial score (nSPS) is 27.4. The quantitative estimate of drug-likeness (QED) is 0.855. The fourth-order valence-electron chi connectivity index (χ4n) is 2.03. The minimum absolute atomic E-state index is 0.0430. The molecule has 90 valence electrons. The van der Waals surface area contributed by atoms with Crippen LogP contribution in [-0.4, -0.2) is 22.2 Å². The molecule has 2 rings (SSSR count). The highest BCUT2D eigenvalue weighted by atomic mass is 19.3. The van der Waals surface area contributed by atoms with Crippen molar-refractivity contribution in [2.75, 3.05) is 6.54 Å². The Morgan fingerprint density at radius 3 is 2.62 bits per heavy atom. The fraction of sp³-hybridized carbons (Fsp3) is 0.727. The average molecular weight is 229 g/mol. The van der Waals surface area contributed by atoms with Crippen LogP contribution < -0.4 is 5.73 Å². The maximum Gasteiger partial charge on any atom is 0.261 e. The van der Waals surface area contributed by atoms with Crippen molar-refractivity contribution >= 4 is 0 Å². The van der Waals surface area contributed by atoms with E-state index in [1.807, 2.05) is 0 Å². The zero-order chi connectivity index (χ0) is 12.0. The van der Waals surface area contributed by atoms with E-state index in [1.54, 1.807) is 16.9 Å². The molecule has 3 nitrogen and oxygen atoms in total. The second-order valence-corrected chi connectivity index (χ2v) is 4.98. The minimum Gasteiger partial charge on any atom is -0.329 e. The number of hydrogen-bond donors (Lipinski definition) is 1. The molecule has 0 bridgehead atoms. The van der Waals surface area contributed by atoms with Gasteiger partial charge in [-0.25, -0.2) is 8.78 Å². The van der Waals surface area contributed by atoms with Crippen LogP contribution >= 0.6 is 0 Å². The van der Waals surface area contributed by atoms with E-state index >= 15 is 0 Å². The number of nitrogens with two attached hydrogens (primary N) is 1. The van der Waals surface area contributed by atoms with E-state index in [0.29, 0.717) is 11.6 Å². The summed E-state index contributed by atoms with van der Waals surface area (Å²) in [5, 5.41) is 4.21. The lowest BCUT2D eigenvalue weighted by Gasteiger charge is -2.10. The van der Waals surface area contributed by atoms with Gasteiger partial charge in [0.1, 0.15) is 0 Å². The molecule has 0 aliphatic heterocycles. The van der Waals surface area contributed by atoms with Crippen molar-refractivity contribution < 1.29 is 8.78 Å². The number of halogens is 2. The highest BCUT2D eigenvalue weighted by Gasteiger charge is 2.72. The highest BCUT2D eigenvalue weighted by molar-refractivity contribution is 5.32. The van der Waals surface area contributed by atoms with Gasteiger partial charge in [-0.05, 0) is 12.0 Å². The van der Waals surface area contributed by atoms with Crippen LogP contribution in [-0.2, 0) is 12.0 Å². The largest absolute Gasteiger partial charge is 0.329 e. The van der Waals surface area contributed by atoms with Crippen LogP contribution in [0.1, 0.15) is 26.0 Å². The van der Waals surface area contributed by atoms with E-state index in [2.05, 4.69) is 18.9 Å². The summed E-state index contributed by atoms with van der Waals surface area (Å²) in [7, 11) is 0. The van der Waals surface area contributed by atoms with Crippen LogP contribution in [0.5, 0.6) is 0 Å². The summed E-state index contributed by atoms with van der Waals surface area (Å²) in [5.74, 6) is -2.24. The molecule has 0 spiro atoms. The third-order valence-corrected chi connectivity index (χ3v) is 3.13. The standard InChI is InChI=1S/C11H17F2N3/c1-8(2)5-16-4-3-9(15-16)10(7-14)6-11(10,12)13/h3-4,8H,5-7,14H2,1-2H3. The van der Waals surface area contributed by atoms with Crippen LogP contribution in [0.15, 0.2) is 12.3 Å². The Kier molecular flexibility index (Phi) is 2.53. The lowest BCUT2D eigenvalue weighted by molar-refractivity contribution is 0.0884. The molecular formula is C11H17F2N3. The van der Waals surface area contributed by atoms with Gasteiger partial charge < -0.3 is 5.73 Å². The van der Waals surface area contributed by atoms with Crippen molar-refractivity contribution in [2.24, 2.45) is 11.7 Å². The maximum atomic E-state index is 13.3. The Hall–Kier alpha value is -0.970. The van der Waals surface area contributed by atoms with Crippen LogP contribution in [0.3, 0.4) is 0 Å². The van der Waals surface area contributed by atoms with E-state index in [0.717, 1.165) is 6.54 Å². The topological polar surface area (TPSA) is 43.8 Å². The summed E-state index contributed by atoms with van der Waals surface area (Å²) in [5.41, 5.74) is 4.69. The van der Waals surface area contributed by atoms with Crippen molar-refractivity contribution in [2.45, 2.75) is 38.2 Å². The summed E-state index contributed by atoms with van der Waals surface area (Å²) in [4.78, 5) is 0. The van der Waals surface area contributed by atoms with Gasteiger partial charge in [-0.2, -0.15) is 5.10 Å². The molecular weight excluding hydrogens is 212 g/mol. The van der Waals surface area contributed by atoms with E-state index in [9.17, 15) is 8.78 Å². The van der Waals surface area contributed by atoms with Crippen LogP contribution in [0.4, 0.5) is 8.78 Å². The average Bonchev–Trinajstić information content (AvgIpc) is 2.57. The van der Waals surface area contributed by atoms with Crippen LogP contribution in [0.25, 0.3) is 0 Å². The second kappa shape index (κ2) is 3.52. The van der Waals surface area contributed by atoms with E-state index in [1.165, 1.54) is 0 Å². The number of nitrogens with zero attached hydrogens (tertiary/aromatic N) is 2. The predicted molar refractivity (Wildman–Crippen MR) is 57.4 cm³/mol. The first kappa shape index (κ1) is 11.5. The number of hydrogen-bond acceptors (Lipinski definition) is 2. The monoisotopic (exact) mass is 229 g/mol. The zero-order valence-corrected chi connectivity index (χ0v) is 9.58. The van der Waals surface area contributed by atoms with Crippen molar-refractivity contribution in [1.29, 1.82) is 0 Å². The molecule has 5 heteroatoms. The maximum absolute atomic E-state index is 13.3. The molecule has 2 N–H and O–H groups in total. The van der Waals surface area contributed by atoms with Gasteiger partial charge in [0.05, 0.1) is 11.1 Å². The van der Waals surface area contributed by atoms with Gasteiger partial charge in [-0.15, -0.1) is 0 Å². The molecule has 1 aliphatic carbocycles. The molecule has 0 radical (unpaired) electrons. The minimum atomic E-state index is -2.68. The van der Waals surface area contributed by atoms with Crippen molar-refractivity contribution in [3.05, 3.63) is 18.0 Å². The number of alkyl halides is 2.